The van der Waals surface area contributed by atoms with Gasteiger partial charge in [0.15, 0.2) is 0 Å². The van der Waals surface area contributed by atoms with Crippen LogP contribution in [0.15, 0.2) is 6.20 Å². The molecule has 1 unspecified atom stereocenters. The van der Waals surface area contributed by atoms with Crippen LogP contribution in [-0.2, 0) is 24.0 Å². The van der Waals surface area contributed by atoms with E-state index in [4.69, 9.17) is 11.6 Å². The zero-order chi connectivity index (χ0) is 35.0. The molecule has 5 amide bonds. The molecule has 1 aromatic rings. The fraction of sp³-hybridized carbons (Fsp3) is 0.743. The number of carbonyl (C=O) groups excluding carboxylic acids is 6. The molecule has 0 spiro atoms. The molecule has 2 aliphatic heterocycles. The Kier molecular flexibility index (Phi) is 10.4. The smallest absolute Gasteiger partial charge is 0.289 e. The monoisotopic (exact) mass is 699 g/mol. The van der Waals surface area contributed by atoms with Gasteiger partial charge in [0.1, 0.15) is 23.8 Å². The minimum absolute atomic E-state index is 0.0140. The average molecular weight is 700 g/mol. The Labute approximate surface area is 292 Å². The number of ketones is 1. The van der Waals surface area contributed by atoms with Crippen molar-refractivity contribution in [2.24, 2.45) is 23.2 Å². The molecule has 49 heavy (non-hydrogen) atoms. The van der Waals surface area contributed by atoms with Crippen molar-refractivity contribution in [3.8, 4) is 0 Å². The van der Waals surface area contributed by atoms with Crippen molar-refractivity contribution >= 4 is 46.9 Å². The SMILES string of the molecule is CCC[C@H](NC(=O)[C@@H]1C[C@@H]2CCCC3[C@@H]2N1C(=O)[C@@H](NC(=O)[C@@H](NC(=O)c1[nH]ncc1Cl)C1CCCCC1)C3(C)C)C(=O)C(=O)NC1CC1. The molecule has 1 aromatic heterocycles. The topological polar surface area (TPSA) is 182 Å². The molecule has 3 aliphatic carbocycles. The van der Waals surface area contributed by atoms with Gasteiger partial charge >= 0.3 is 0 Å². The third-order valence-corrected chi connectivity index (χ3v) is 12.1. The van der Waals surface area contributed by atoms with Gasteiger partial charge in [0.05, 0.1) is 17.3 Å². The van der Waals surface area contributed by atoms with Crippen LogP contribution in [0.25, 0.3) is 0 Å². The lowest BCUT2D eigenvalue weighted by atomic mass is 9.60. The van der Waals surface area contributed by atoms with E-state index < -0.39 is 59.0 Å². The van der Waals surface area contributed by atoms with Gasteiger partial charge in [-0.05, 0) is 74.5 Å². The van der Waals surface area contributed by atoms with E-state index in [1.165, 1.54) is 6.20 Å². The van der Waals surface area contributed by atoms with Gasteiger partial charge in [0.25, 0.3) is 11.8 Å². The Morgan fingerprint density at radius 1 is 1.00 bits per heavy atom. The number of piperidine rings is 1. The van der Waals surface area contributed by atoms with Gasteiger partial charge in [-0.3, -0.25) is 33.9 Å². The summed E-state index contributed by atoms with van der Waals surface area (Å²) in [6.07, 6.45) is 11.5. The maximum atomic E-state index is 14.6. The quantitative estimate of drug-likeness (QED) is 0.208. The van der Waals surface area contributed by atoms with E-state index in [1.54, 1.807) is 4.90 Å². The summed E-state index contributed by atoms with van der Waals surface area (Å²) in [4.78, 5) is 83.5. The molecule has 3 saturated carbocycles. The summed E-state index contributed by atoms with van der Waals surface area (Å²) in [6, 6.07) is -3.80. The number of hydrogen-bond acceptors (Lipinski definition) is 7. The summed E-state index contributed by atoms with van der Waals surface area (Å²) < 4.78 is 0. The number of nitrogens with one attached hydrogen (secondary N) is 5. The molecule has 268 valence electrons. The van der Waals surface area contributed by atoms with Crippen molar-refractivity contribution in [2.75, 3.05) is 0 Å². The number of hydrogen-bond donors (Lipinski definition) is 5. The molecule has 14 heteroatoms. The van der Waals surface area contributed by atoms with Crippen molar-refractivity contribution < 1.29 is 28.8 Å². The maximum absolute atomic E-state index is 14.6. The van der Waals surface area contributed by atoms with Crippen LogP contribution in [0, 0.1) is 23.2 Å². The van der Waals surface area contributed by atoms with Gasteiger partial charge < -0.3 is 26.2 Å². The van der Waals surface area contributed by atoms with Crippen molar-refractivity contribution in [3.63, 3.8) is 0 Å². The number of aromatic amines is 1. The molecular formula is C35H50ClN7O6. The number of H-pyrrole nitrogens is 1. The molecule has 3 heterocycles. The summed E-state index contributed by atoms with van der Waals surface area (Å²) in [5, 5.41) is 18.1. The van der Waals surface area contributed by atoms with Gasteiger partial charge in [-0.1, -0.05) is 64.5 Å². The summed E-state index contributed by atoms with van der Waals surface area (Å²) >= 11 is 6.16. The number of rotatable bonds is 12. The Morgan fingerprint density at radius 3 is 2.39 bits per heavy atom. The van der Waals surface area contributed by atoms with Crippen LogP contribution in [0.3, 0.4) is 0 Å². The van der Waals surface area contributed by atoms with E-state index in [0.29, 0.717) is 19.3 Å². The van der Waals surface area contributed by atoms with Gasteiger partial charge in [-0.2, -0.15) is 5.10 Å². The van der Waals surface area contributed by atoms with Crippen LogP contribution in [0.5, 0.6) is 0 Å². The standard InChI is InChI=1S/C35H50ClN7O6/c1-4-9-23(28(44)33(48)38-20-14-15-20)39-30(45)24-16-19-12-8-13-21-27(19)43(24)34(49)29(35(21,2)3)41-31(46)25(18-10-6-5-7-11-18)40-32(47)26-22(36)17-37-42-26/h17-21,23-25,27,29H,4-16H2,1-3H3,(H,37,42)(H,38,48)(H,39,45)(H,40,47)(H,41,46)/t19-,21?,23-,24-,25-,27+,29+/m0/s1. The minimum Gasteiger partial charge on any atom is -0.347 e. The number of nitrogens with zero attached hydrogens (tertiary/aromatic N) is 2. The number of amides is 5. The highest BCUT2D eigenvalue weighted by Crippen LogP contribution is 2.54. The van der Waals surface area contributed by atoms with Crippen LogP contribution in [-0.4, -0.2) is 86.7 Å². The van der Waals surface area contributed by atoms with Crippen molar-refractivity contribution in [3.05, 3.63) is 16.9 Å². The van der Waals surface area contributed by atoms with E-state index >= 15 is 0 Å². The summed E-state index contributed by atoms with van der Waals surface area (Å²) in [7, 11) is 0. The van der Waals surface area contributed by atoms with Crippen LogP contribution in [0.1, 0.15) is 115 Å². The second kappa shape index (κ2) is 14.4. The van der Waals surface area contributed by atoms with Gasteiger partial charge in [0, 0.05) is 12.1 Å². The molecule has 7 atom stereocenters. The molecule has 5 fully saturated rings. The molecular weight excluding hydrogens is 650 g/mol. The van der Waals surface area contributed by atoms with Gasteiger partial charge in [-0.15, -0.1) is 0 Å². The molecule has 0 aromatic carbocycles. The third-order valence-electron chi connectivity index (χ3n) is 11.8. The summed E-state index contributed by atoms with van der Waals surface area (Å²) in [5.74, 6) is -3.10. The maximum Gasteiger partial charge on any atom is 0.289 e. The molecule has 5 N–H and O–H groups in total. The number of halogens is 1. The summed E-state index contributed by atoms with van der Waals surface area (Å²) in [5.41, 5.74) is -0.566. The highest BCUT2D eigenvalue weighted by molar-refractivity contribution is 6.38. The minimum atomic E-state index is -0.982. The predicted molar refractivity (Wildman–Crippen MR) is 180 cm³/mol. The largest absolute Gasteiger partial charge is 0.347 e. The second-order valence-corrected chi connectivity index (χ2v) is 15.9. The number of carbonyl (C=O) groups is 6. The van der Waals surface area contributed by atoms with Crippen LogP contribution in [0.4, 0.5) is 0 Å². The van der Waals surface area contributed by atoms with Crippen LogP contribution < -0.4 is 21.3 Å². The van der Waals surface area contributed by atoms with Crippen molar-refractivity contribution in [1.29, 1.82) is 0 Å². The molecule has 0 radical (unpaired) electrons. The molecule has 2 saturated heterocycles. The fourth-order valence-corrected chi connectivity index (χ4v) is 9.22. The summed E-state index contributed by atoms with van der Waals surface area (Å²) in [6.45, 7) is 5.91. The number of aromatic nitrogens is 2. The first-order chi connectivity index (χ1) is 23.4. The van der Waals surface area contributed by atoms with E-state index in [2.05, 4.69) is 31.5 Å². The fourth-order valence-electron chi connectivity index (χ4n) is 9.04. The van der Waals surface area contributed by atoms with E-state index in [0.717, 1.165) is 64.2 Å². The van der Waals surface area contributed by atoms with E-state index in [1.807, 2.05) is 20.8 Å². The predicted octanol–water partition coefficient (Wildman–Crippen LogP) is 2.78. The lowest BCUT2D eigenvalue weighted by molar-refractivity contribution is -0.160. The number of Topliss-reactive ketones (excluding diaryl/α,β-unsaturated/α-hetero) is 1. The Balaban J connectivity index is 1.23. The first kappa shape index (κ1) is 35.3. The Bertz CT molecular complexity index is 1470. The zero-order valence-electron chi connectivity index (χ0n) is 28.7. The third kappa shape index (κ3) is 7.09. The van der Waals surface area contributed by atoms with Gasteiger partial charge in [-0.25, -0.2) is 0 Å². The Hall–Kier alpha value is -3.48. The van der Waals surface area contributed by atoms with Gasteiger partial charge in [0.2, 0.25) is 23.5 Å². The zero-order valence-corrected chi connectivity index (χ0v) is 29.4. The van der Waals surface area contributed by atoms with Crippen molar-refractivity contribution in [1.82, 2.24) is 36.4 Å². The average Bonchev–Trinajstić information content (AvgIpc) is 3.64. The normalized spacial score (nSPS) is 28.9. The lowest BCUT2D eigenvalue weighted by Gasteiger charge is -2.55. The van der Waals surface area contributed by atoms with Crippen molar-refractivity contribution in [2.45, 2.75) is 140 Å². The van der Waals surface area contributed by atoms with Crippen LogP contribution in [0.2, 0.25) is 5.02 Å². The van der Waals surface area contributed by atoms with Crippen LogP contribution >= 0.6 is 11.6 Å². The Morgan fingerprint density at radius 2 is 1.73 bits per heavy atom. The second-order valence-electron chi connectivity index (χ2n) is 15.5. The highest BCUT2D eigenvalue weighted by atomic mass is 35.5. The molecule has 6 rings (SSSR count). The molecule has 0 bridgehead atoms. The first-order valence-corrected chi connectivity index (χ1v) is 18.6. The molecule has 5 aliphatic rings. The molecule has 13 nitrogen and oxygen atoms in total. The van der Waals surface area contributed by atoms with E-state index in [-0.39, 0.29) is 46.5 Å². The first-order valence-electron chi connectivity index (χ1n) is 18.2. The highest BCUT2D eigenvalue weighted by Gasteiger charge is 2.62. The van der Waals surface area contributed by atoms with E-state index in [9.17, 15) is 28.8 Å². The lowest BCUT2D eigenvalue weighted by Crippen LogP contribution is -2.70.